The van der Waals surface area contributed by atoms with Gasteiger partial charge in [-0.15, -0.1) is 0 Å². The van der Waals surface area contributed by atoms with E-state index in [9.17, 15) is 0 Å². The first-order chi connectivity index (χ1) is 25.6. The molecule has 8 aromatic rings. The number of benzene rings is 6. The van der Waals surface area contributed by atoms with Crippen molar-refractivity contribution in [1.29, 1.82) is 0 Å². The molecule has 0 N–H and O–H groups in total. The molecule has 0 spiro atoms. The summed E-state index contributed by atoms with van der Waals surface area (Å²) in [6, 6.07) is 50.6. The molecule has 0 saturated heterocycles. The normalized spacial score (nSPS) is 12.2. The van der Waals surface area contributed by atoms with E-state index in [1.54, 1.807) is 0 Å². The van der Waals surface area contributed by atoms with Crippen LogP contribution in [0, 0.1) is 0 Å². The van der Waals surface area contributed by atoms with E-state index >= 15 is 0 Å². The lowest BCUT2D eigenvalue weighted by Crippen LogP contribution is -1.97. The molecule has 0 amide bonds. The zero-order valence-electron chi connectivity index (χ0n) is 29.6. The summed E-state index contributed by atoms with van der Waals surface area (Å²) in [4.78, 5) is 0. The van der Waals surface area contributed by atoms with Gasteiger partial charge >= 0.3 is 0 Å². The van der Waals surface area contributed by atoms with Crippen LogP contribution in [0.2, 0.25) is 0 Å². The summed E-state index contributed by atoms with van der Waals surface area (Å²) in [5.41, 5.74) is 15.1. The maximum absolute atomic E-state index is 4.26. The van der Waals surface area contributed by atoms with E-state index < -0.39 is 0 Å². The zero-order valence-corrected chi connectivity index (χ0v) is 29.6. The van der Waals surface area contributed by atoms with Gasteiger partial charge in [0, 0.05) is 33.1 Å². The number of aromatic nitrogens is 2. The lowest BCUT2D eigenvalue weighted by molar-refractivity contribution is 1.10. The van der Waals surface area contributed by atoms with Crippen LogP contribution in [0.4, 0.5) is 0 Å². The monoisotopic (exact) mass is 668 g/mol. The molecule has 2 aromatic heterocycles. The van der Waals surface area contributed by atoms with Crippen molar-refractivity contribution in [2.75, 3.05) is 0 Å². The molecular weight excluding hydrogens is 629 g/mol. The fraction of sp³-hybridized carbons (Fsp3) is 0.0400. The molecule has 0 aliphatic heterocycles. The summed E-state index contributed by atoms with van der Waals surface area (Å²) in [6.45, 7) is 12.3. The number of para-hydroxylation sites is 1. The van der Waals surface area contributed by atoms with Gasteiger partial charge in [0.25, 0.3) is 0 Å². The van der Waals surface area contributed by atoms with Gasteiger partial charge in [-0.1, -0.05) is 135 Å². The summed E-state index contributed by atoms with van der Waals surface area (Å²) >= 11 is 0. The fourth-order valence-corrected chi connectivity index (χ4v) is 7.58. The number of hydrogen-bond acceptors (Lipinski definition) is 0. The summed E-state index contributed by atoms with van der Waals surface area (Å²) in [7, 11) is 0. The second-order valence-corrected chi connectivity index (χ2v) is 13.0. The molecule has 0 aliphatic rings. The maximum atomic E-state index is 4.26. The topological polar surface area (TPSA) is 9.86 Å². The first kappa shape index (κ1) is 32.6. The Hall–Kier alpha value is -6.64. The lowest BCUT2D eigenvalue weighted by atomic mass is 10.00. The highest BCUT2D eigenvalue weighted by molar-refractivity contribution is 6.11. The first-order valence-corrected chi connectivity index (χ1v) is 17.8. The van der Waals surface area contributed by atoms with E-state index in [1.807, 2.05) is 25.2 Å². The van der Waals surface area contributed by atoms with Crippen LogP contribution in [-0.4, -0.2) is 9.13 Å². The Labute approximate surface area is 305 Å². The average molecular weight is 669 g/mol. The van der Waals surface area contributed by atoms with E-state index in [-0.39, 0.29) is 0 Å². The minimum Gasteiger partial charge on any atom is -0.309 e. The SMILES string of the molecule is C=C/C=C(\C=C/C)c1ccc(-n2c(C=C)c(/C=C\C)c3cc(-c4ccc5c(c4)c4ccccc4n5-c4cccc(-c5ccccc5)c4)ccc32)cc1. The van der Waals surface area contributed by atoms with Crippen LogP contribution in [0.5, 0.6) is 0 Å². The molecule has 0 fully saturated rings. The third-order valence-corrected chi connectivity index (χ3v) is 9.89. The highest BCUT2D eigenvalue weighted by Crippen LogP contribution is 2.38. The van der Waals surface area contributed by atoms with Crippen molar-refractivity contribution in [3.8, 4) is 33.6 Å². The van der Waals surface area contributed by atoms with Crippen molar-refractivity contribution in [3.05, 3.63) is 200 Å². The second kappa shape index (κ2) is 13.9. The number of fused-ring (bicyclic) bond motifs is 4. The van der Waals surface area contributed by atoms with E-state index in [1.165, 1.54) is 49.4 Å². The standard InChI is InChI=1S/C50H40N2/c1-5-15-35(16-6-2)37-24-28-41(29-25-37)51-47(8-4)43(17-7-3)45-33-39(26-30-49(45)51)40-27-31-50-46(34-40)44-22-12-13-23-48(44)52(50)42-21-14-20-38(32-42)36-18-10-9-11-19-36/h5-34H,1,4H2,2-3H3/b16-6-,17-7-,35-15+. The Balaban J connectivity index is 1.26. The van der Waals surface area contributed by atoms with Gasteiger partial charge in [0.15, 0.2) is 0 Å². The predicted octanol–water partition coefficient (Wildman–Crippen LogP) is 13.9. The number of hydrogen-bond donors (Lipinski definition) is 0. The third kappa shape index (κ3) is 5.65. The van der Waals surface area contributed by atoms with Gasteiger partial charge in [-0.05, 0) is 108 Å². The summed E-state index contributed by atoms with van der Waals surface area (Å²) in [5.74, 6) is 0. The molecule has 0 aliphatic carbocycles. The van der Waals surface area contributed by atoms with Gasteiger partial charge in [-0.25, -0.2) is 0 Å². The largest absolute Gasteiger partial charge is 0.309 e. The van der Waals surface area contributed by atoms with E-state index in [2.05, 4.69) is 193 Å². The Morgan fingerprint density at radius 2 is 1.17 bits per heavy atom. The van der Waals surface area contributed by atoms with Crippen LogP contribution >= 0.6 is 0 Å². The van der Waals surface area contributed by atoms with Crippen LogP contribution in [0.15, 0.2) is 183 Å². The molecule has 8 rings (SSSR count). The Morgan fingerprint density at radius 3 is 1.88 bits per heavy atom. The number of rotatable bonds is 9. The Kier molecular flexibility index (Phi) is 8.73. The molecular formula is C50H40N2. The van der Waals surface area contributed by atoms with Gasteiger partial charge in [0.05, 0.1) is 22.2 Å². The van der Waals surface area contributed by atoms with Crippen LogP contribution < -0.4 is 0 Å². The smallest absolute Gasteiger partial charge is 0.0541 e. The number of nitrogens with zero attached hydrogens (tertiary/aromatic N) is 2. The lowest BCUT2D eigenvalue weighted by Gasteiger charge is -2.11. The van der Waals surface area contributed by atoms with Crippen LogP contribution in [-0.2, 0) is 0 Å². The van der Waals surface area contributed by atoms with Crippen molar-refractivity contribution in [2.24, 2.45) is 0 Å². The van der Waals surface area contributed by atoms with E-state index in [0.717, 1.165) is 39.3 Å². The first-order valence-electron chi connectivity index (χ1n) is 17.8. The van der Waals surface area contributed by atoms with Gasteiger partial charge < -0.3 is 9.13 Å². The van der Waals surface area contributed by atoms with Gasteiger partial charge in [-0.3, -0.25) is 0 Å². The predicted molar refractivity (Wildman–Crippen MR) is 226 cm³/mol. The summed E-state index contributed by atoms with van der Waals surface area (Å²) in [6.07, 6.45) is 14.3. The second-order valence-electron chi connectivity index (χ2n) is 13.0. The molecule has 250 valence electrons. The molecule has 0 saturated carbocycles. The molecule has 0 bridgehead atoms. The van der Waals surface area contributed by atoms with Crippen molar-refractivity contribution in [1.82, 2.24) is 9.13 Å². The maximum Gasteiger partial charge on any atom is 0.0541 e. The number of allylic oxidation sites excluding steroid dienone is 6. The van der Waals surface area contributed by atoms with Crippen molar-refractivity contribution in [3.63, 3.8) is 0 Å². The quantitative estimate of drug-likeness (QED) is 0.136. The van der Waals surface area contributed by atoms with Gasteiger partial charge in [0.2, 0.25) is 0 Å². The van der Waals surface area contributed by atoms with Crippen LogP contribution in [0.25, 0.3) is 84.1 Å². The van der Waals surface area contributed by atoms with E-state index in [0.29, 0.717) is 0 Å². The van der Waals surface area contributed by atoms with Crippen LogP contribution in [0.1, 0.15) is 30.7 Å². The molecule has 2 heterocycles. The molecule has 0 atom stereocenters. The van der Waals surface area contributed by atoms with Crippen molar-refractivity contribution < 1.29 is 0 Å². The van der Waals surface area contributed by atoms with Crippen molar-refractivity contribution >= 4 is 50.4 Å². The fourth-order valence-electron chi connectivity index (χ4n) is 7.58. The molecule has 2 nitrogen and oxygen atoms in total. The molecule has 6 aromatic carbocycles. The molecule has 0 radical (unpaired) electrons. The molecule has 0 unspecified atom stereocenters. The minimum absolute atomic E-state index is 1.07. The van der Waals surface area contributed by atoms with Crippen LogP contribution in [0.3, 0.4) is 0 Å². The third-order valence-electron chi connectivity index (χ3n) is 9.89. The highest BCUT2D eigenvalue weighted by atomic mass is 15.0. The highest BCUT2D eigenvalue weighted by Gasteiger charge is 2.18. The van der Waals surface area contributed by atoms with Gasteiger partial charge in [0.1, 0.15) is 0 Å². The average Bonchev–Trinajstić information content (AvgIpc) is 3.70. The van der Waals surface area contributed by atoms with Crippen molar-refractivity contribution in [2.45, 2.75) is 13.8 Å². The zero-order chi connectivity index (χ0) is 35.6. The Bertz CT molecular complexity index is 2710. The molecule has 52 heavy (non-hydrogen) atoms. The molecule has 2 heteroatoms. The summed E-state index contributed by atoms with van der Waals surface area (Å²) in [5, 5.41) is 3.67. The van der Waals surface area contributed by atoms with E-state index in [4.69, 9.17) is 0 Å². The summed E-state index contributed by atoms with van der Waals surface area (Å²) < 4.78 is 4.71. The minimum atomic E-state index is 1.07. The Morgan fingerprint density at radius 1 is 0.519 bits per heavy atom. The van der Waals surface area contributed by atoms with Gasteiger partial charge in [-0.2, -0.15) is 0 Å².